The number of amides is 3. The molecule has 1 aromatic rings. The summed E-state index contributed by atoms with van der Waals surface area (Å²) in [7, 11) is 0. The van der Waals surface area contributed by atoms with E-state index in [9.17, 15) is 14.4 Å². The second kappa shape index (κ2) is 9.20. The zero-order valence-corrected chi connectivity index (χ0v) is 14.8. The summed E-state index contributed by atoms with van der Waals surface area (Å²) in [6, 6.07) is 6.56. The number of hydrogen-bond donors (Lipinski definition) is 2. The summed E-state index contributed by atoms with van der Waals surface area (Å²) in [5.41, 5.74) is 1.49. The minimum absolute atomic E-state index is 0.0844. The monoisotopic (exact) mass is 346 g/mol. The fourth-order valence-electron chi connectivity index (χ4n) is 2.99. The van der Waals surface area contributed by atoms with Gasteiger partial charge in [0.15, 0.2) is 6.61 Å². The molecule has 2 N–H and O–H groups in total. The first-order valence-corrected chi connectivity index (χ1v) is 8.86. The number of imide groups is 1. The third-order valence-corrected chi connectivity index (χ3v) is 4.61. The van der Waals surface area contributed by atoms with Gasteiger partial charge in [0, 0.05) is 6.04 Å². The third-order valence-electron chi connectivity index (χ3n) is 4.61. The van der Waals surface area contributed by atoms with Crippen molar-refractivity contribution < 1.29 is 19.1 Å². The van der Waals surface area contributed by atoms with Crippen LogP contribution in [0.3, 0.4) is 0 Å². The van der Waals surface area contributed by atoms with E-state index in [0.29, 0.717) is 11.5 Å². The predicted octanol–water partition coefficient (Wildman–Crippen LogP) is 2.81. The lowest BCUT2D eigenvalue weighted by molar-refractivity contribution is -0.123. The Bertz CT molecular complexity index is 612. The van der Waals surface area contributed by atoms with E-state index < -0.39 is 24.5 Å². The average Bonchev–Trinajstić information content (AvgIpc) is 2.61. The molecule has 6 heteroatoms. The van der Waals surface area contributed by atoms with Gasteiger partial charge in [-0.1, -0.05) is 38.8 Å². The molecule has 2 atom stereocenters. The predicted molar refractivity (Wildman–Crippen MR) is 94.2 cm³/mol. The number of aryl methyl sites for hydroxylation is 1. The molecule has 0 unspecified atom stereocenters. The Labute approximate surface area is 148 Å². The van der Waals surface area contributed by atoms with Gasteiger partial charge >= 0.3 is 12.0 Å². The highest BCUT2D eigenvalue weighted by atomic mass is 16.5. The molecule has 0 bridgehead atoms. The smallest absolute Gasteiger partial charge is 0.338 e. The second-order valence-corrected chi connectivity index (χ2v) is 6.52. The van der Waals surface area contributed by atoms with Crippen LogP contribution in [0.25, 0.3) is 0 Å². The average molecular weight is 346 g/mol. The van der Waals surface area contributed by atoms with Crippen LogP contribution in [0, 0.1) is 5.92 Å². The molecule has 0 aliphatic heterocycles. The molecule has 136 valence electrons. The Hall–Kier alpha value is -2.37. The normalized spacial score (nSPS) is 19.8. The molecule has 3 amide bonds. The van der Waals surface area contributed by atoms with Gasteiger partial charge in [-0.05, 0) is 42.9 Å². The van der Waals surface area contributed by atoms with Crippen LogP contribution in [0.4, 0.5) is 4.79 Å². The molecule has 1 aromatic carbocycles. The third kappa shape index (κ3) is 5.89. The number of nitrogens with one attached hydrogen (secondary N) is 2. The molecule has 1 aliphatic carbocycles. The van der Waals surface area contributed by atoms with Crippen molar-refractivity contribution in [3.63, 3.8) is 0 Å². The second-order valence-electron chi connectivity index (χ2n) is 6.52. The van der Waals surface area contributed by atoms with Gasteiger partial charge in [-0.3, -0.25) is 10.1 Å². The number of hydrogen-bond acceptors (Lipinski definition) is 4. The summed E-state index contributed by atoms with van der Waals surface area (Å²) in [5, 5.41) is 5.03. The van der Waals surface area contributed by atoms with Crippen LogP contribution in [0.15, 0.2) is 24.3 Å². The Morgan fingerprint density at radius 2 is 1.80 bits per heavy atom. The quantitative estimate of drug-likeness (QED) is 0.803. The van der Waals surface area contributed by atoms with E-state index in [1.807, 2.05) is 19.1 Å². The van der Waals surface area contributed by atoms with E-state index in [1.165, 1.54) is 6.42 Å². The number of urea groups is 1. The molecule has 1 aliphatic rings. The van der Waals surface area contributed by atoms with Crippen molar-refractivity contribution in [2.75, 3.05) is 6.61 Å². The Morgan fingerprint density at radius 1 is 1.12 bits per heavy atom. The van der Waals surface area contributed by atoms with Crippen molar-refractivity contribution in [1.82, 2.24) is 10.6 Å². The maximum Gasteiger partial charge on any atom is 0.338 e. The van der Waals surface area contributed by atoms with Gasteiger partial charge in [0.1, 0.15) is 0 Å². The fraction of sp³-hybridized carbons (Fsp3) is 0.526. The molecule has 2 rings (SSSR count). The Kier molecular flexibility index (Phi) is 6.98. The minimum atomic E-state index is -0.639. The lowest BCUT2D eigenvalue weighted by atomic mass is 9.86. The van der Waals surface area contributed by atoms with Gasteiger partial charge in [0.2, 0.25) is 0 Å². The van der Waals surface area contributed by atoms with Crippen LogP contribution < -0.4 is 10.6 Å². The molecule has 0 radical (unpaired) electrons. The topological polar surface area (TPSA) is 84.5 Å². The van der Waals surface area contributed by atoms with Crippen molar-refractivity contribution in [3.8, 4) is 0 Å². The van der Waals surface area contributed by atoms with Crippen molar-refractivity contribution in [3.05, 3.63) is 35.4 Å². The summed E-state index contributed by atoms with van der Waals surface area (Å²) in [6.07, 6.45) is 5.14. The summed E-state index contributed by atoms with van der Waals surface area (Å²) < 4.78 is 4.94. The minimum Gasteiger partial charge on any atom is -0.452 e. The van der Waals surface area contributed by atoms with Crippen molar-refractivity contribution in [2.24, 2.45) is 5.92 Å². The standard InChI is InChI=1S/C19H26N2O4/c1-3-14-8-10-15(11-9-14)18(23)25-12-17(22)21-19(24)20-16-7-5-4-6-13(16)2/h8-11,13,16H,3-7,12H2,1-2H3,(H2,20,21,22,24)/t13-,16-/m0/s1. The van der Waals surface area contributed by atoms with Crippen molar-refractivity contribution in [1.29, 1.82) is 0 Å². The highest BCUT2D eigenvalue weighted by Gasteiger charge is 2.23. The lowest BCUT2D eigenvalue weighted by Crippen LogP contribution is -2.48. The van der Waals surface area contributed by atoms with Crippen molar-refractivity contribution >= 4 is 17.9 Å². The first-order valence-electron chi connectivity index (χ1n) is 8.86. The molecule has 6 nitrogen and oxygen atoms in total. The van der Waals surface area contributed by atoms with E-state index >= 15 is 0 Å². The summed E-state index contributed by atoms with van der Waals surface area (Å²) in [6.45, 7) is 3.64. The highest BCUT2D eigenvalue weighted by Crippen LogP contribution is 2.23. The van der Waals surface area contributed by atoms with Crippen LogP contribution in [0.2, 0.25) is 0 Å². The largest absolute Gasteiger partial charge is 0.452 e. The maximum absolute atomic E-state index is 11.9. The van der Waals surface area contributed by atoms with Gasteiger partial charge < -0.3 is 10.1 Å². The number of esters is 1. The summed E-state index contributed by atoms with van der Waals surface area (Å²) >= 11 is 0. The van der Waals surface area contributed by atoms with Crippen molar-refractivity contribution in [2.45, 2.75) is 52.0 Å². The van der Waals surface area contributed by atoms with Crippen LogP contribution in [0.5, 0.6) is 0 Å². The van der Waals surface area contributed by atoms with Crippen LogP contribution in [0.1, 0.15) is 55.5 Å². The van der Waals surface area contributed by atoms with Gasteiger partial charge in [0.25, 0.3) is 5.91 Å². The fourth-order valence-corrected chi connectivity index (χ4v) is 2.99. The summed E-state index contributed by atoms with van der Waals surface area (Å²) in [5.74, 6) is -0.822. The molecule has 1 saturated carbocycles. The first-order chi connectivity index (χ1) is 12.0. The number of benzene rings is 1. The number of carbonyl (C=O) groups is 3. The Balaban J connectivity index is 1.73. The molecule has 0 heterocycles. The molecule has 0 spiro atoms. The van der Waals surface area contributed by atoms with Gasteiger partial charge in [-0.15, -0.1) is 0 Å². The van der Waals surface area contributed by atoms with E-state index in [4.69, 9.17) is 4.74 Å². The summed E-state index contributed by atoms with van der Waals surface area (Å²) in [4.78, 5) is 35.5. The van der Waals surface area contributed by atoms with E-state index in [1.54, 1.807) is 12.1 Å². The van der Waals surface area contributed by atoms with Gasteiger partial charge in [-0.25, -0.2) is 9.59 Å². The number of rotatable bonds is 5. The first kappa shape index (κ1) is 19.0. The van der Waals surface area contributed by atoms with E-state index in [-0.39, 0.29) is 6.04 Å². The molecule has 0 aromatic heterocycles. The zero-order valence-electron chi connectivity index (χ0n) is 14.8. The van der Waals surface area contributed by atoms with Gasteiger partial charge in [0.05, 0.1) is 5.56 Å². The van der Waals surface area contributed by atoms with E-state index in [0.717, 1.165) is 31.2 Å². The molecular formula is C19H26N2O4. The maximum atomic E-state index is 11.9. The number of ether oxygens (including phenoxy) is 1. The highest BCUT2D eigenvalue weighted by molar-refractivity contribution is 5.97. The zero-order chi connectivity index (χ0) is 18.2. The van der Waals surface area contributed by atoms with E-state index in [2.05, 4.69) is 17.6 Å². The van der Waals surface area contributed by atoms with Gasteiger partial charge in [-0.2, -0.15) is 0 Å². The molecule has 0 saturated heterocycles. The Morgan fingerprint density at radius 3 is 2.44 bits per heavy atom. The van der Waals surface area contributed by atoms with Crippen LogP contribution in [-0.4, -0.2) is 30.6 Å². The SMILES string of the molecule is CCc1ccc(C(=O)OCC(=O)NC(=O)N[C@H]2CCCC[C@@H]2C)cc1. The van der Waals surface area contributed by atoms with Crippen LogP contribution >= 0.6 is 0 Å². The van der Waals surface area contributed by atoms with Crippen LogP contribution in [-0.2, 0) is 16.0 Å². The molecule has 25 heavy (non-hydrogen) atoms. The number of carbonyl (C=O) groups excluding carboxylic acids is 3. The molecule has 1 fully saturated rings. The molecular weight excluding hydrogens is 320 g/mol. The lowest BCUT2D eigenvalue weighted by Gasteiger charge is -2.29.